The third-order valence-corrected chi connectivity index (χ3v) is 6.03. The summed E-state index contributed by atoms with van der Waals surface area (Å²) in [7, 11) is -3.64. The number of aromatic nitrogens is 1. The molecule has 0 aromatic carbocycles. The van der Waals surface area contributed by atoms with Crippen LogP contribution < -0.4 is 10.5 Å². The number of nitrogens with one attached hydrogen (secondary N) is 1. The van der Waals surface area contributed by atoms with Crippen LogP contribution in [0.2, 0.25) is 0 Å². The predicted molar refractivity (Wildman–Crippen MR) is 78.2 cm³/mol. The number of furan rings is 1. The van der Waals surface area contributed by atoms with Crippen molar-refractivity contribution in [3.63, 3.8) is 0 Å². The first-order chi connectivity index (χ1) is 9.20. The number of nitrogens with zero attached hydrogens (tertiary/aromatic N) is 1. The van der Waals surface area contributed by atoms with Gasteiger partial charge in [0.2, 0.25) is 0 Å². The predicted octanol–water partition coefficient (Wildman–Crippen LogP) is 2.28. The molecule has 2 aromatic rings. The van der Waals surface area contributed by atoms with Crippen LogP contribution in [0.15, 0.2) is 14.7 Å². The van der Waals surface area contributed by atoms with Gasteiger partial charge in [0.25, 0.3) is 10.0 Å². The quantitative estimate of drug-likeness (QED) is 0.902. The van der Waals surface area contributed by atoms with Crippen molar-refractivity contribution < 1.29 is 12.8 Å². The molecule has 110 valence electrons. The molecule has 0 radical (unpaired) electrons. The molecule has 0 aliphatic rings. The Morgan fingerprint density at radius 3 is 2.50 bits per heavy atom. The molecule has 0 saturated carbocycles. The van der Waals surface area contributed by atoms with Gasteiger partial charge in [-0.15, -0.1) is 0 Å². The minimum absolute atomic E-state index is 0.153. The zero-order valence-electron chi connectivity index (χ0n) is 11.7. The van der Waals surface area contributed by atoms with Gasteiger partial charge in [-0.05, 0) is 33.8 Å². The van der Waals surface area contributed by atoms with Crippen molar-refractivity contribution in [2.45, 2.75) is 37.9 Å². The molecule has 0 saturated heterocycles. The Morgan fingerprint density at radius 1 is 1.40 bits per heavy atom. The maximum Gasteiger partial charge on any atom is 0.252 e. The first-order valence-electron chi connectivity index (χ1n) is 6.03. The van der Waals surface area contributed by atoms with Crippen LogP contribution in [0.5, 0.6) is 0 Å². The number of nitrogens with two attached hydrogens (primary N) is 1. The third-order valence-electron chi connectivity index (χ3n) is 2.89. The van der Waals surface area contributed by atoms with Crippen LogP contribution in [0, 0.1) is 20.8 Å². The van der Waals surface area contributed by atoms with Gasteiger partial charge in [-0.25, -0.2) is 18.1 Å². The van der Waals surface area contributed by atoms with Crippen LogP contribution in [0.25, 0.3) is 0 Å². The van der Waals surface area contributed by atoms with Crippen molar-refractivity contribution in [2.75, 3.05) is 5.73 Å². The zero-order valence-corrected chi connectivity index (χ0v) is 13.4. The van der Waals surface area contributed by atoms with Crippen LogP contribution >= 0.6 is 11.3 Å². The minimum Gasteiger partial charge on any atom is -0.466 e. The number of hydrogen-bond acceptors (Lipinski definition) is 6. The Morgan fingerprint density at radius 2 is 2.05 bits per heavy atom. The summed E-state index contributed by atoms with van der Waals surface area (Å²) >= 11 is 0.961. The van der Waals surface area contributed by atoms with Crippen molar-refractivity contribution in [1.29, 1.82) is 0 Å². The lowest BCUT2D eigenvalue weighted by molar-refractivity contribution is 0.496. The number of aryl methyl sites for hydroxylation is 3. The van der Waals surface area contributed by atoms with Gasteiger partial charge in [-0.2, -0.15) is 0 Å². The van der Waals surface area contributed by atoms with E-state index in [-0.39, 0.29) is 15.4 Å². The van der Waals surface area contributed by atoms with E-state index in [9.17, 15) is 8.42 Å². The summed E-state index contributed by atoms with van der Waals surface area (Å²) in [6, 6.07) is 1.44. The molecule has 6 nitrogen and oxygen atoms in total. The Kier molecular flexibility index (Phi) is 3.90. The molecule has 1 unspecified atom stereocenters. The summed E-state index contributed by atoms with van der Waals surface area (Å²) in [5.41, 5.74) is 6.78. The fourth-order valence-electron chi connectivity index (χ4n) is 2.08. The fourth-order valence-corrected chi connectivity index (χ4v) is 4.62. The Bertz CT molecular complexity index is 731. The van der Waals surface area contributed by atoms with E-state index in [0.717, 1.165) is 22.7 Å². The second-order valence-electron chi connectivity index (χ2n) is 4.64. The molecule has 8 heteroatoms. The molecule has 0 fully saturated rings. The monoisotopic (exact) mass is 315 g/mol. The van der Waals surface area contributed by atoms with E-state index in [1.54, 1.807) is 13.8 Å². The molecule has 2 heterocycles. The highest BCUT2D eigenvalue weighted by atomic mass is 32.2. The van der Waals surface area contributed by atoms with Crippen LogP contribution in [0.3, 0.4) is 0 Å². The third kappa shape index (κ3) is 2.87. The standard InChI is InChI=1S/C12H17N3O3S2/c1-6-5-10(9(4)18-6)7(2)15-20(16,17)11-8(3)14-12(13)19-11/h5,7,15H,1-4H3,(H2,13,14). The van der Waals surface area contributed by atoms with Gasteiger partial charge in [-0.3, -0.25) is 0 Å². The maximum atomic E-state index is 12.3. The summed E-state index contributed by atoms with van der Waals surface area (Å²) in [4.78, 5) is 3.94. The lowest BCUT2D eigenvalue weighted by atomic mass is 10.1. The van der Waals surface area contributed by atoms with Gasteiger partial charge in [0.1, 0.15) is 11.5 Å². The van der Waals surface area contributed by atoms with Gasteiger partial charge in [-0.1, -0.05) is 11.3 Å². The van der Waals surface area contributed by atoms with E-state index in [1.165, 1.54) is 0 Å². The second kappa shape index (κ2) is 5.19. The molecule has 0 aliphatic heterocycles. The highest BCUT2D eigenvalue weighted by Crippen LogP contribution is 2.28. The molecular formula is C12H17N3O3S2. The smallest absolute Gasteiger partial charge is 0.252 e. The van der Waals surface area contributed by atoms with Crippen molar-refractivity contribution in [2.24, 2.45) is 0 Å². The first kappa shape index (κ1) is 15.0. The van der Waals surface area contributed by atoms with Gasteiger partial charge < -0.3 is 10.2 Å². The lowest BCUT2D eigenvalue weighted by Crippen LogP contribution is -2.26. The van der Waals surface area contributed by atoms with E-state index in [1.807, 2.05) is 19.9 Å². The highest BCUT2D eigenvalue weighted by molar-refractivity contribution is 7.91. The molecule has 2 rings (SSSR count). The van der Waals surface area contributed by atoms with Crippen molar-refractivity contribution in [3.05, 3.63) is 28.8 Å². The van der Waals surface area contributed by atoms with Crippen LogP contribution in [-0.2, 0) is 10.0 Å². The summed E-state index contributed by atoms with van der Waals surface area (Å²) in [5, 5.41) is 0.242. The van der Waals surface area contributed by atoms with Crippen LogP contribution in [0.1, 0.15) is 35.7 Å². The number of thiazole rings is 1. The SMILES string of the molecule is Cc1cc(C(C)NS(=O)(=O)c2sc(N)nc2C)c(C)o1. The average Bonchev–Trinajstić information content (AvgIpc) is 2.81. The van der Waals surface area contributed by atoms with Crippen molar-refractivity contribution >= 4 is 26.5 Å². The maximum absolute atomic E-state index is 12.3. The Labute approximate surface area is 122 Å². The molecule has 2 aromatic heterocycles. The molecule has 1 atom stereocenters. The Hall–Kier alpha value is -1.38. The summed E-state index contributed by atoms with van der Waals surface area (Å²) in [5.74, 6) is 1.46. The van der Waals surface area contributed by atoms with Gasteiger partial charge >= 0.3 is 0 Å². The van der Waals surface area contributed by atoms with E-state index >= 15 is 0 Å². The molecule has 3 N–H and O–H groups in total. The lowest BCUT2D eigenvalue weighted by Gasteiger charge is -2.12. The molecule has 0 bridgehead atoms. The van der Waals surface area contributed by atoms with Crippen molar-refractivity contribution in [3.8, 4) is 0 Å². The minimum atomic E-state index is -3.64. The van der Waals surface area contributed by atoms with Crippen LogP contribution in [-0.4, -0.2) is 13.4 Å². The molecule has 0 spiro atoms. The second-order valence-corrected chi connectivity index (χ2v) is 7.58. The zero-order chi connectivity index (χ0) is 15.1. The number of hydrogen-bond donors (Lipinski definition) is 2. The van der Waals surface area contributed by atoms with E-state index in [4.69, 9.17) is 10.2 Å². The first-order valence-corrected chi connectivity index (χ1v) is 8.33. The highest BCUT2D eigenvalue weighted by Gasteiger charge is 2.25. The topological polar surface area (TPSA) is 98.2 Å². The number of rotatable bonds is 4. The van der Waals surface area contributed by atoms with Gasteiger partial charge in [0, 0.05) is 11.6 Å². The summed E-state index contributed by atoms with van der Waals surface area (Å²) in [6.45, 7) is 7.03. The number of anilines is 1. The van der Waals surface area contributed by atoms with E-state index < -0.39 is 10.0 Å². The van der Waals surface area contributed by atoms with Crippen molar-refractivity contribution in [1.82, 2.24) is 9.71 Å². The van der Waals surface area contributed by atoms with Gasteiger partial charge in [0.15, 0.2) is 9.34 Å². The number of nitrogen functional groups attached to an aromatic ring is 1. The summed E-state index contributed by atoms with van der Waals surface area (Å²) in [6.07, 6.45) is 0. The summed E-state index contributed by atoms with van der Waals surface area (Å²) < 4.78 is 32.9. The van der Waals surface area contributed by atoms with Crippen LogP contribution in [0.4, 0.5) is 5.13 Å². The molecular weight excluding hydrogens is 298 g/mol. The van der Waals surface area contributed by atoms with E-state index in [0.29, 0.717) is 11.5 Å². The number of sulfonamides is 1. The van der Waals surface area contributed by atoms with E-state index in [2.05, 4.69) is 9.71 Å². The fraction of sp³-hybridized carbons (Fsp3) is 0.417. The molecule has 20 heavy (non-hydrogen) atoms. The molecule has 0 aliphatic carbocycles. The van der Waals surface area contributed by atoms with Gasteiger partial charge in [0.05, 0.1) is 5.69 Å². The molecule has 0 amide bonds. The Balaban J connectivity index is 2.29. The normalized spacial score (nSPS) is 13.6. The average molecular weight is 315 g/mol. The largest absolute Gasteiger partial charge is 0.466 e.